The van der Waals surface area contributed by atoms with Crippen LogP contribution in [0.4, 0.5) is 5.69 Å². The molecule has 1 aromatic carbocycles. The summed E-state index contributed by atoms with van der Waals surface area (Å²) in [6.07, 6.45) is 0.783. The third-order valence-electron chi connectivity index (χ3n) is 3.10. The number of nitrogens with zero attached hydrogens (tertiary/aromatic N) is 1. The average molecular weight is 326 g/mol. The number of nitrogen functional groups attached to an aromatic ring is 1. The summed E-state index contributed by atoms with van der Waals surface area (Å²) in [6, 6.07) is 5.22. The van der Waals surface area contributed by atoms with E-state index in [0.717, 1.165) is 10.9 Å². The number of hydrogen-bond acceptors (Lipinski definition) is 3. The number of benzene rings is 1. The summed E-state index contributed by atoms with van der Waals surface area (Å²) in [6.45, 7) is 2.67. The smallest absolute Gasteiger partial charge is 0.255 e. The van der Waals surface area contributed by atoms with E-state index in [4.69, 9.17) is 5.73 Å². The summed E-state index contributed by atoms with van der Waals surface area (Å²) in [7, 11) is 0. The molecule has 1 atom stereocenters. The number of amides is 2. The standard InChI is InChI=1S/C13H16BrN3O2/c1-8(18)16-10-4-5-17(7-10)13(19)11-6-9(15)2-3-12(11)14/h2-3,6,10H,4-5,7,15H2,1H3,(H,16,18). The van der Waals surface area contributed by atoms with Gasteiger partial charge in [-0.25, -0.2) is 0 Å². The fourth-order valence-corrected chi connectivity index (χ4v) is 2.64. The molecule has 1 aromatic rings. The van der Waals surface area contributed by atoms with Crippen molar-refractivity contribution in [3.05, 3.63) is 28.2 Å². The van der Waals surface area contributed by atoms with Gasteiger partial charge in [-0.15, -0.1) is 0 Å². The molecule has 0 spiro atoms. The highest BCUT2D eigenvalue weighted by atomic mass is 79.9. The predicted octanol–water partition coefficient (Wildman–Crippen LogP) is 1.38. The Hall–Kier alpha value is -1.56. The SMILES string of the molecule is CC(=O)NC1CCN(C(=O)c2cc(N)ccc2Br)C1. The van der Waals surface area contributed by atoms with Gasteiger partial charge in [-0.2, -0.15) is 0 Å². The van der Waals surface area contributed by atoms with Crippen molar-refractivity contribution < 1.29 is 9.59 Å². The van der Waals surface area contributed by atoms with Gasteiger partial charge < -0.3 is 16.0 Å². The van der Waals surface area contributed by atoms with Gasteiger partial charge >= 0.3 is 0 Å². The predicted molar refractivity (Wildman–Crippen MR) is 76.7 cm³/mol. The summed E-state index contributed by atoms with van der Waals surface area (Å²) in [5.41, 5.74) is 6.83. The van der Waals surface area contributed by atoms with Crippen molar-refractivity contribution in [3.63, 3.8) is 0 Å². The van der Waals surface area contributed by atoms with E-state index in [9.17, 15) is 9.59 Å². The average Bonchev–Trinajstić information content (AvgIpc) is 2.79. The molecule has 102 valence electrons. The summed E-state index contributed by atoms with van der Waals surface area (Å²) >= 11 is 3.36. The zero-order valence-corrected chi connectivity index (χ0v) is 12.2. The van der Waals surface area contributed by atoms with E-state index in [0.29, 0.717) is 24.3 Å². The van der Waals surface area contributed by atoms with Gasteiger partial charge in [0.25, 0.3) is 5.91 Å². The number of carbonyl (C=O) groups is 2. The quantitative estimate of drug-likeness (QED) is 0.807. The number of nitrogens with one attached hydrogen (secondary N) is 1. The minimum atomic E-state index is -0.0653. The topological polar surface area (TPSA) is 75.4 Å². The Morgan fingerprint density at radius 2 is 2.21 bits per heavy atom. The molecule has 0 saturated carbocycles. The number of rotatable bonds is 2. The lowest BCUT2D eigenvalue weighted by atomic mass is 10.2. The van der Waals surface area contributed by atoms with Crippen molar-refractivity contribution in [2.24, 2.45) is 0 Å². The number of carbonyl (C=O) groups excluding carboxylic acids is 2. The van der Waals surface area contributed by atoms with Crippen LogP contribution < -0.4 is 11.1 Å². The molecule has 1 aliphatic heterocycles. The summed E-state index contributed by atoms with van der Waals surface area (Å²) in [4.78, 5) is 25.1. The van der Waals surface area contributed by atoms with Crippen molar-refractivity contribution in [3.8, 4) is 0 Å². The Kier molecular flexibility index (Phi) is 4.09. The highest BCUT2D eigenvalue weighted by Crippen LogP contribution is 2.23. The number of halogens is 1. The Labute approximate surface area is 120 Å². The lowest BCUT2D eigenvalue weighted by Crippen LogP contribution is -2.37. The molecule has 0 aliphatic carbocycles. The Morgan fingerprint density at radius 1 is 1.47 bits per heavy atom. The van der Waals surface area contributed by atoms with Crippen LogP contribution in [0.1, 0.15) is 23.7 Å². The molecule has 2 rings (SSSR count). The van der Waals surface area contributed by atoms with Crippen molar-refractivity contribution in [2.45, 2.75) is 19.4 Å². The second-order valence-electron chi connectivity index (χ2n) is 4.68. The van der Waals surface area contributed by atoms with Crippen LogP contribution in [0.3, 0.4) is 0 Å². The lowest BCUT2D eigenvalue weighted by molar-refractivity contribution is -0.119. The number of hydrogen-bond donors (Lipinski definition) is 2. The van der Waals surface area contributed by atoms with Crippen molar-refractivity contribution >= 4 is 33.4 Å². The van der Waals surface area contributed by atoms with E-state index in [1.54, 1.807) is 23.1 Å². The first-order chi connectivity index (χ1) is 8.97. The van der Waals surface area contributed by atoms with E-state index in [2.05, 4.69) is 21.2 Å². The number of anilines is 1. The fourth-order valence-electron chi connectivity index (χ4n) is 2.23. The van der Waals surface area contributed by atoms with E-state index in [1.807, 2.05) is 0 Å². The Balaban J connectivity index is 2.09. The molecular weight excluding hydrogens is 310 g/mol. The zero-order valence-electron chi connectivity index (χ0n) is 10.6. The molecule has 6 heteroatoms. The molecule has 2 amide bonds. The van der Waals surface area contributed by atoms with Crippen LogP contribution >= 0.6 is 15.9 Å². The third kappa shape index (κ3) is 3.26. The number of likely N-dealkylation sites (tertiary alicyclic amines) is 1. The molecule has 5 nitrogen and oxygen atoms in total. The minimum absolute atomic E-state index is 0.0429. The van der Waals surface area contributed by atoms with Crippen LogP contribution in [0.5, 0.6) is 0 Å². The molecular formula is C13H16BrN3O2. The van der Waals surface area contributed by atoms with E-state index in [-0.39, 0.29) is 17.9 Å². The van der Waals surface area contributed by atoms with Crippen LogP contribution in [0.2, 0.25) is 0 Å². The van der Waals surface area contributed by atoms with Crippen molar-refractivity contribution in [1.82, 2.24) is 10.2 Å². The Morgan fingerprint density at radius 3 is 2.89 bits per heavy atom. The van der Waals surface area contributed by atoms with Gasteiger partial charge in [0.1, 0.15) is 0 Å². The third-order valence-corrected chi connectivity index (χ3v) is 3.80. The van der Waals surface area contributed by atoms with Gasteiger partial charge in [0.2, 0.25) is 5.91 Å². The maximum atomic E-state index is 12.4. The molecule has 3 N–H and O–H groups in total. The maximum Gasteiger partial charge on any atom is 0.255 e. The zero-order chi connectivity index (χ0) is 14.0. The van der Waals surface area contributed by atoms with Crippen LogP contribution in [0.15, 0.2) is 22.7 Å². The molecule has 1 fully saturated rings. The van der Waals surface area contributed by atoms with Gasteiger partial charge in [0.05, 0.1) is 5.56 Å². The summed E-state index contributed by atoms with van der Waals surface area (Å²) in [5, 5.41) is 2.83. The molecule has 1 unspecified atom stereocenters. The van der Waals surface area contributed by atoms with E-state index in [1.165, 1.54) is 6.92 Å². The minimum Gasteiger partial charge on any atom is -0.399 e. The van der Waals surface area contributed by atoms with Gasteiger partial charge in [0, 0.05) is 36.2 Å². The molecule has 19 heavy (non-hydrogen) atoms. The molecule has 0 radical (unpaired) electrons. The number of nitrogens with two attached hydrogens (primary N) is 1. The van der Waals surface area contributed by atoms with E-state index < -0.39 is 0 Å². The van der Waals surface area contributed by atoms with Crippen molar-refractivity contribution in [1.29, 1.82) is 0 Å². The Bertz CT molecular complexity index is 519. The second-order valence-corrected chi connectivity index (χ2v) is 5.53. The van der Waals surface area contributed by atoms with Crippen LogP contribution in [-0.2, 0) is 4.79 Å². The first-order valence-corrected chi connectivity index (χ1v) is 6.88. The van der Waals surface area contributed by atoms with Gasteiger partial charge in [-0.3, -0.25) is 9.59 Å². The van der Waals surface area contributed by atoms with Crippen molar-refractivity contribution in [2.75, 3.05) is 18.8 Å². The summed E-state index contributed by atoms with van der Waals surface area (Å²) in [5.74, 6) is -0.128. The highest BCUT2D eigenvalue weighted by Gasteiger charge is 2.28. The molecule has 1 heterocycles. The largest absolute Gasteiger partial charge is 0.399 e. The fraction of sp³-hybridized carbons (Fsp3) is 0.385. The maximum absolute atomic E-state index is 12.4. The normalized spacial score (nSPS) is 18.4. The van der Waals surface area contributed by atoms with Crippen LogP contribution in [-0.4, -0.2) is 35.8 Å². The monoisotopic (exact) mass is 325 g/mol. The highest BCUT2D eigenvalue weighted by molar-refractivity contribution is 9.10. The van der Waals surface area contributed by atoms with Gasteiger partial charge in [-0.05, 0) is 40.5 Å². The van der Waals surface area contributed by atoms with Crippen LogP contribution in [0, 0.1) is 0 Å². The first-order valence-electron chi connectivity index (χ1n) is 6.09. The molecule has 0 bridgehead atoms. The van der Waals surface area contributed by atoms with E-state index >= 15 is 0 Å². The second kappa shape index (κ2) is 5.61. The van der Waals surface area contributed by atoms with Crippen LogP contribution in [0.25, 0.3) is 0 Å². The molecule has 1 aliphatic rings. The molecule has 0 aromatic heterocycles. The first kappa shape index (κ1) is 13.9. The summed E-state index contributed by atoms with van der Waals surface area (Å²) < 4.78 is 0.731. The lowest BCUT2D eigenvalue weighted by Gasteiger charge is -2.18. The molecule has 1 saturated heterocycles. The van der Waals surface area contributed by atoms with Gasteiger partial charge in [0.15, 0.2) is 0 Å². The van der Waals surface area contributed by atoms with Gasteiger partial charge in [-0.1, -0.05) is 0 Å².